The highest BCUT2D eigenvalue weighted by atomic mass is 35.5. The third-order valence-electron chi connectivity index (χ3n) is 3.49. The van der Waals surface area contributed by atoms with Gasteiger partial charge in [-0.1, -0.05) is 35.5 Å². The van der Waals surface area contributed by atoms with Crippen LogP contribution in [0, 0.1) is 0 Å². The minimum Gasteiger partial charge on any atom is -0.295 e. The summed E-state index contributed by atoms with van der Waals surface area (Å²) < 4.78 is 1.92. The molecule has 116 valence electrons. The molecule has 2 aromatic rings. The third kappa shape index (κ3) is 4.04. The van der Waals surface area contributed by atoms with Gasteiger partial charge >= 0.3 is 0 Å². The van der Waals surface area contributed by atoms with Crippen molar-refractivity contribution in [2.75, 3.05) is 5.88 Å². The fraction of sp³-hybridized carbons (Fsp3) is 0.353. The van der Waals surface area contributed by atoms with Crippen LogP contribution in [0.5, 0.6) is 0 Å². The molecule has 5 heteroatoms. The van der Waals surface area contributed by atoms with Crippen LogP contribution in [0.25, 0.3) is 6.08 Å². The summed E-state index contributed by atoms with van der Waals surface area (Å²) in [4.78, 5) is 11.1. The molecule has 1 aromatic heterocycles. The van der Waals surface area contributed by atoms with Gasteiger partial charge in [-0.25, -0.2) is 4.68 Å². The van der Waals surface area contributed by atoms with E-state index in [0.29, 0.717) is 5.88 Å². The highest BCUT2D eigenvalue weighted by Gasteiger charge is 2.16. The van der Waals surface area contributed by atoms with Gasteiger partial charge in [0.25, 0.3) is 0 Å². The Balaban J connectivity index is 2.36. The van der Waals surface area contributed by atoms with E-state index in [1.54, 1.807) is 6.08 Å². The predicted octanol–water partition coefficient (Wildman–Crippen LogP) is 3.66. The van der Waals surface area contributed by atoms with Gasteiger partial charge in [-0.3, -0.25) is 4.79 Å². The Kier molecular flexibility index (Phi) is 5.90. The molecule has 0 bridgehead atoms. The second-order valence-electron chi connectivity index (χ2n) is 5.19. The normalized spacial score (nSPS) is 12.7. The standard InChI is InChI=1S/C17H20ClN3O/c1-13(22)10-11-16-17(9-6-12-18)21(20-19-16)14(2)15-7-4-3-5-8-15/h3-5,7-8,10-11,14H,6,9,12H2,1-2H3/b11-10+. The van der Waals surface area contributed by atoms with Gasteiger partial charge in [-0.2, -0.15) is 0 Å². The van der Waals surface area contributed by atoms with E-state index < -0.39 is 0 Å². The minimum atomic E-state index is -0.00560. The molecular weight excluding hydrogens is 298 g/mol. The van der Waals surface area contributed by atoms with Gasteiger partial charge in [0.15, 0.2) is 5.78 Å². The molecule has 4 nitrogen and oxygen atoms in total. The molecule has 0 radical (unpaired) electrons. The Hall–Kier alpha value is -1.94. The SMILES string of the molecule is CC(=O)/C=C/c1nnn(C(C)c2ccccc2)c1CCCCl. The van der Waals surface area contributed by atoms with Crippen LogP contribution >= 0.6 is 11.6 Å². The Morgan fingerprint density at radius 2 is 2.09 bits per heavy atom. The van der Waals surface area contributed by atoms with E-state index in [1.165, 1.54) is 18.6 Å². The Morgan fingerprint density at radius 1 is 1.36 bits per heavy atom. The molecule has 2 rings (SSSR count). The average molecular weight is 318 g/mol. The Morgan fingerprint density at radius 3 is 2.73 bits per heavy atom. The number of allylic oxidation sites excluding steroid dienone is 1. The van der Waals surface area contributed by atoms with Gasteiger partial charge in [0.05, 0.1) is 11.7 Å². The fourth-order valence-electron chi connectivity index (χ4n) is 2.31. The van der Waals surface area contributed by atoms with Gasteiger partial charge < -0.3 is 0 Å². The zero-order valence-corrected chi connectivity index (χ0v) is 13.6. The van der Waals surface area contributed by atoms with E-state index in [-0.39, 0.29) is 11.8 Å². The summed E-state index contributed by atoms with van der Waals surface area (Å²) in [5.74, 6) is 0.578. The van der Waals surface area contributed by atoms with Crippen LogP contribution in [0.1, 0.15) is 43.3 Å². The predicted molar refractivity (Wildman–Crippen MR) is 89.0 cm³/mol. The van der Waals surface area contributed by atoms with Crippen molar-refractivity contribution in [3.63, 3.8) is 0 Å². The van der Waals surface area contributed by atoms with E-state index >= 15 is 0 Å². The number of carbonyl (C=O) groups excluding carboxylic acids is 1. The van der Waals surface area contributed by atoms with Gasteiger partial charge in [0, 0.05) is 5.88 Å². The molecule has 0 aliphatic heterocycles. The maximum atomic E-state index is 11.1. The quantitative estimate of drug-likeness (QED) is 0.578. The second-order valence-corrected chi connectivity index (χ2v) is 5.57. The maximum Gasteiger partial charge on any atom is 0.152 e. The van der Waals surface area contributed by atoms with Crippen LogP contribution in [0.15, 0.2) is 36.4 Å². The lowest BCUT2D eigenvalue weighted by atomic mass is 10.1. The smallest absolute Gasteiger partial charge is 0.152 e. The molecule has 1 heterocycles. The van der Waals surface area contributed by atoms with Crippen molar-refractivity contribution in [3.05, 3.63) is 53.4 Å². The molecular formula is C17H20ClN3O. The number of nitrogens with zero attached hydrogens (tertiary/aromatic N) is 3. The monoisotopic (exact) mass is 317 g/mol. The second kappa shape index (κ2) is 7.90. The van der Waals surface area contributed by atoms with Crippen molar-refractivity contribution >= 4 is 23.5 Å². The number of rotatable bonds is 7. The first-order valence-electron chi connectivity index (χ1n) is 7.37. The molecule has 0 aliphatic carbocycles. The van der Waals surface area contributed by atoms with Crippen LogP contribution in [0.3, 0.4) is 0 Å². The van der Waals surface area contributed by atoms with Gasteiger partial charge in [-0.15, -0.1) is 16.7 Å². The first kappa shape index (κ1) is 16.4. The first-order chi connectivity index (χ1) is 10.6. The van der Waals surface area contributed by atoms with Gasteiger partial charge in [0.1, 0.15) is 5.69 Å². The Labute approximate surface area is 135 Å². The third-order valence-corrected chi connectivity index (χ3v) is 3.76. The van der Waals surface area contributed by atoms with E-state index in [2.05, 4.69) is 29.4 Å². The molecule has 0 fully saturated rings. The average Bonchev–Trinajstić information content (AvgIpc) is 2.93. The van der Waals surface area contributed by atoms with Crippen molar-refractivity contribution in [2.45, 2.75) is 32.7 Å². The number of hydrogen-bond acceptors (Lipinski definition) is 3. The number of aromatic nitrogens is 3. The lowest BCUT2D eigenvalue weighted by molar-refractivity contribution is -0.112. The molecule has 22 heavy (non-hydrogen) atoms. The number of hydrogen-bond donors (Lipinski definition) is 0. The van der Waals surface area contributed by atoms with E-state index in [9.17, 15) is 4.79 Å². The maximum absolute atomic E-state index is 11.1. The minimum absolute atomic E-state index is 0.00560. The molecule has 1 aromatic carbocycles. The molecule has 0 saturated heterocycles. The van der Waals surface area contributed by atoms with Crippen molar-refractivity contribution in [2.24, 2.45) is 0 Å². The topological polar surface area (TPSA) is 47.8 Å². The van der Waals surface area contributed by atoms with Crippen molar-refractivity contribution in [1.29, 1.82) is 0 Å². The number of halogens is 1. The van der Waals surface area contributed by atoms with E-state index in [1.807, 2.05) is 22.9 Å². The summed E-state index contributed by atoms with van der Waals surface area (Å²) >= 11 is 5.83. The summed E-state index contributed by atoms with van der Waals surface area (Å²) in [6.07, 6.45) is 4.88. The Bertz CT molecular complexity index is 649. The number of benzene rings is 1. The van der Waals surface area contributed by atoms with Crippen molar-refractivity contribution in [3.8, 4) is 0 Å². The summed E-state index contributed by atoms with van der Waals surface area (Å²) in [5, 5.41) is 8.50. The zero-order chi connectivity index (χ0) is 15.9. The summed E-state index contributed by atoms with van der Waals surface area (Å²) in [6, 6.07) is 10.2. The van der Waals surface area contributed by atoms with Crippen LogP contribution in [0.4, 0.5) is 0 Å². The summed E-state index contributed by atoms with van der Waals surface area (Å²) in [6.45, 7) is 3.61. The molecule has 0 N–H and O–H groups in total. The highest BCUT2D eigenvalue weighted by molar-refractivity contribution is 6.17. The van der Waals surface area contributed by atoms with Crippen LogP contribution in [-0.2, 0) is 11.2 Å². The van der Waals surface area contributed by atoms with Crippen LogP contribution in [0.2, 0.25) is 0 Å². The zero-order valence-electron chi connectivity index (χ0n) is 12.9. The molecule has 0 amide bonds. The lowest BCUT2D eigenvalue weighted by Crippen LogP contribution is -2.12. The summed E-state index contributed by atoms with van der Waals surface area (Å²) in [7, 11) is 0. The van der Waals surface area contributed by atoms with Crippen LogP contribution < -0.4 is 0 Å². The summed E-state index contributed by atoms with van der Waals surface area (Å²) in [5.41, 5.74) is 2.92. The first-order valence-corrected chi connectivity index (χ1v) is 7.90. The highest BCUT2D eigenvalue weighted by Crippen LogP contribution is 2.21. The molecule has 1 atom stereocenters. The number of ketones is 1. The van der Waals surface area contributed by atoms with Crippen LogP contribution in [-0.4, -0.2) is 26.7 Å². The molecule has 1 unspecified atom stereocenters. The van der Waals surface area contributed by atoms with Gasteiger partial charge in [0.2, 0.25) is 0 Å². The van der Waals surface area contributed by atoms with Crippen molar-refractivity contribution in [1.82, 2.24) is 15.0 Å². The van der Waals surface area contributed by atoms with Crippen molar-refractivity contribution < 1.29 is 4.79 Å². The lowest BCUT2D eigenvalue weighted by Gasteiger charge is -2.15. The molecule has 0 spiro atoms. The molecule has 0 aliphatic rings. The number of alkyl halides is 1. The molecule has 0 saturated carbocycles. The number of carbonyl (C=O) groups is 1. The van der Waals surface area contributed by atoms with Gasteiger partial charge in [-0.05, 0) is 44.4 Å². The van der Waals surface area contributed by atoms with E-state index in [0.717, 1.165) is 24.2 Å². The largest absolute Gasteiger partial charge is 0.295 e. The fourth-order valence-corrected chi connectivity index (χ4v) is 2.45. The van der Waals surface area contributed by atoms with E-state index in [4.69, 9.17) is 11.6 Å².